The Kier molecular flexibility index (Phi) is 5.41. The maximum absolute atomic E-state index is 12.2. The summed E-state index contributed by atoms with van der Waals surface area (Å²) in [6, 6.07) is 7.45. The van der Waals surface area contributed by atoms with Crippen LogP contribution in [0.25, 0.3) is 0 Å². The molecule has 2 unspecified atom stereocenters. The van der Waals surface area contributed by atoms with Gasteiger partial charge in [0.2, 0.25) is 5.91 Å². The molecule has 0 aliphatic heterocycles. The number of hydrogen-bond acceptors (Lipinski definition) is 3. The number of ether oxygens (including phenoxy) is 1. The minimum absolute atomic E-state index is 0.110. The third kappa shape index (κ3) is 3.73. The Bertz CT molecular complexity index is 447. The molecule has 0 bridgehead atoms. The van der Waals surface area contributed by atoms with Gasteiger partial charge in [-0.25, -0.2) is 0 Å². The maximum Gasteiger partial charge on any atom is 0.230 e. The van der Waals surface area contributed by atoms with Gasteiger partial charge in [0.05, 0.1) is 24.3 Å². The number of aliphatic hydroxyl groups is 1. The number of carbonyl (C=O) groups excluding carboxylic acids is 1. The second-order valence-electron chi connectivity index (χ2n) is 5.29. The quantitative estimate of drug-likeness (QED) is 0.786. The first-order valence-corrected chi connectivity index (χ1v) is 7.43. The van der Waals surface area contributed by atoms with E-state index in [4.69, 9.17) is 4.74 Å². The molecule has 2 N–H and O–H groups in total. The molecule has 4 heteroatoms. The van der Waals surface area contributed by atoms with Gasteiger partial charge in [-0.3, -0.25) is 4.79 Å². The minimum Gasteiger partial charge on any atom is -0.491 e. The molecule has 0 heterocycles. The fourth-order valence-corrected chi connectivity index (χ4v) is 2.49. The second kappa shape index (κ2) is 7.29. The van der Waals surface area contributed by atoms with Crippen molar-refractivity contribution in [1.29, 1.82) is 0 Å². The lowest BCUT2D eigenvalue weighted by Gasteiger charge is -2.16. The van der Waals surface area contributed by atoms with Crippen molar-refractivity contribution in [3.63, 3.8) is 0 Å². The molecule has 1 amide bonds. The van der Waals surface area contributed by atoms with E-state index >= 15 is 0 Å². The predicted molar refractivity (Wildman–Crippen MR) is 78.8 cm³/mol. The van der Waals surface area contributed by atoms with Crippen molar-refractivity contribution in [2.45, 2.75) is 45.1 Å². The van der Waals surface area contributed by atoms with E-state index in [0.29, 0.717) is 24.5 Å². The fourth-order valence-electron chi connectivity index (χ4n) is 2.49. The number of carbonyl (C=O) groups is 1. The Labute approximate surface area is 120 Å². The standard InChI is InChI=1S/C16H23NO3/c1-2-3-11-20-15-10-5-4-8-13(15)17-16(19)12-7-6-9-14(12)18/h4-5,8,10,12,14,18H,2-3,6-7,9,11H2,1H3,(H,17,19). The zero-order chi connectivity index (χ0) is 14.4. The molecule has 0 radical (unpaired) electrons. The van der Waals surface area contributed by atoms with Crippen LogP contribution in [0.2, 0.25) is 0 Å². The van der Waals surface area contributed by atoms with Crippen LogP contribution >= 0.6 is 0 Å². The molecule has 1 aromatic carbocycles. The van der Waals surface area contributed by atoms with E-state index in [-0.39, 0.29) is 11.8 Å². The summed E-state index contributed by atoms with van der Waals surface area (Å²) < 4.78 is 5.69. The molecule has 20 heavy (non-hydrogen) atoms. The highest BCUT2D eigenvalue weighted by Crippen LogP contribution is 2.29. The summed E-state index contributed by atoms with van der Waals surface area (Å²) in [6.45, 7) is 2.76. The molecule has 1 fully saturated rings. The number of hydrogen-bond donors (Lipinski definition) is 2. The van der Waals surface area contributed by atoms with Crippen molar-refractivity contribution >= 4 is 11.6 Å². The van der Waals surface area contributed by atoms with Crippen molar-refractivity contribution in [1.82, 2.24) is 0 Å². The lowest BCUT2D eigenvalue weighted by Crippen LogP contribution is -2.28. The van der Waals surface area contributed by atoms with Crippen LogP contribution in [0.15, 0.2) is 24.3 Å². The summed E-state index contributed by atoms with van der Waals surface area (Å²) in [5, 5.41) is 12.7. The van der Waals surface area contributed by atoms with Gasteiger partial charge in [0.15, 0.2) is 0 Å². The molecule has 2 rings (SSSR count). The number of amides is 1. The van der Waals surface area contributed by atoms with Gasteiger partial charge in [0.25, 0.3) is 0 Å². The summed E-state index contributed by atoms with van der Waals surface area (Å²) in [5.74, 6) is 0.294. The number of nitrogens with one attached hydrogen (secondary N) is 1. The van der Waals surface area contributed by atoms with Crippen molar-refractivity contribution in [3.8, 4) is 5.75 Å². The molecule has 110 valence electrons. The largest absolute Gasteiger partial charge is 0.491 e. The smallest absolute Gasteiger partial charge is 0.230 e. The zero-order valence-corrected chi connectivity index (χ0v) is 12.0. The molecule has 0 aromatic heterocycles. The van der Waals surface area contributed by atoms with Gasteiger partial charge < -0.3 is 15.2 Å². The third-order valence-corrected chi connectivity index (χ3v) is 3.72. The molecular weight excluding hydrogens is 254 g/mol. The number of benzene rings is 1. The van der Waals surface area contributed by atoms with Gasteiger partial charge >= 0.3 is 0 Å². The number of para-hydroxylation sites is 2. The molecule has 0 spiro atoms. The Morgan fingerprint density at radius 3 is 2.90 bits per heavy atom. The third-order valence-electron chi connectivity index (χ3n) is 3.72. The Hall–Kier alpha value is -1.55. The van der Waals surface area contributed by atoms with Crippen LogP contribution in [0.5, 0.6) is 5.75 Å². The first-order valence-electron chi connectivity index (χ1n) is 7.43. The van der Waals surface area contributed by atoms with E-state index in [1.54, 1.807) is 0 Å². The minimum atomic E-state index is -0.511. The van der Waals surface area contributed by atoms with Crippen LogP contribution in [-0.4, -0.2) is 23.7 Å². The second-order valence-corrected chi connectivity index (χ2v) is 5.29. The first-order chi connectivity index (χ1) is 9.72. The molecule has 1 aliphatic rings. The summed E-state index contributed by atoms with van der Waals surface area (Å²) in [4.78, 5) is 12.2. The first kappa shape index (κ1) is 14.9. The SMILES string of the molecule is CCCCOc1ccccc1NC(=O)C1CCCC1O. The topological polar surface area (TPSA) is 58.6 Å². The van der Waals surface area contributed by atoms with Crippen molar-refractivity contribution in [2.75, 3.05) is 11.9 Å². The molecule has 1 aromatic rings. The highest BCUT2D eigenvalue weighted by atomic mass is 16.5. The van der Waals surface area contributed by atoms with Crippen molar-refractivity contribution in [3.05, 3.63) is 24.3 Å². The van der Waals surface area contributed by atoms with Gasteiger partial charge in [-0.1, -0.05) is 25.5 Å². The highest BCUT2D eigenvalue weighted by Gasteiger charge is 2.31. The number of anilines is 1. The monoisotopic (exact) mass is 277 g/mol. The van der Waals surface area contributed by atoms with Crippen LogP contribution in [0.4, 0.5) is 5.69 Å². The molecule has 0 saturated heterocycles. The van der Waals surface area contributed by atoms with E-state index < -0.39 is 6.10 Å². The molecule has 4 nitrogen and oxygen atoms in total. The van der Waals surface area contributed by atoms with E-state index in [9.17, 15) is 9.90 Å². The van der Waals surface area contributed by atoms with E-state index in [0.717, 1.165) is 25.7 Å². The maximum atomic E-state index is 12.2. The van der Waals surface area contributed by atoms with Gasteiger partial charge in [-0.05, 0) is 37.8 Å². The van der Waals surface area contributed by atoms with Crippen molar-refractivity contribution in [2.24, 2.45) is 5.92 Å². The highest BCUT2D eigenvalue weighted by molar-refractivity contribution is 5.94. The molecular formula is C16H23NO3. The van der Waals surface area contributed by atoms with Crippen molar-refractivity contribution < 1.29 is 14.6 Å². The van der Waals surface area contributed by atoms with Crippen LogP contribution in [0.1, 0.15) is 39.0 Å². The van der Waals surface area contributed by atoms with E-state index in [1.807, 2.05) is 24.3 Å². The Morgan fingerprint density at radius 2 is 2.20 bits per heavy atom. The van der Waals surface area contributed by atoms with Crippen LogP contribution in [0, 0.1) is 5.92 Å². The number of unbranched alkanes of at least 4 members (excludes halogenated alkanes) is 1. The fraction of sp³-hybridized carbons (Fsp3) is 0.562. The van der Waals surface area contributed by atoms with Gasteiger partial charge in [0.1, 0.15) is 5.75 Å². The molecule has 1 saturated carbocycles. The lowest BCUT2D eigenvalue weighted by molar-refractivity contribution is -0.122. The summed E-state index contributed by atoms with van der Waals surface area (Å²) in [6.07, 6.45) is 3.93. The average molecular weight is 277 g/mol. The Morgan fingerprint density at radius 1 is 1.40 bits per heavy atom. The molecule has 1 aliphatic carbocycles. The van der Waals surface area contributed by atoms with Gasteiger partial charge in [-0.15, -0.1) is 0 Å². The number of aliphatic hydroxyl groups excluding tert-OH is 1. The van der Waals surface area contributed by atoms with Crippen LogP contribution in [-0.2, 0) is 4.79 Å². The lowest BCUT2D eigenvalue weighted by atomic mass is 10.1. The normalized spacial score (nSPS) is 21.7. The zero-order valence-electron chi connectivity index (χ0n) is 12.0. The van der Waals surface area contributed by atoms with Gasteiger partial charge in [-0.2, -0.15) is 0 Å². The number of rotatable bonds is 6. The van der Waals surface area contributed by atoms with E-state index in [2.05, 4.69) is 12.2 Å². The van der Waals surface area contributed by atoms with E-state index in [1.165, 1.54) is 0 Å². The molecule has 2 atom stereocenters. The predicted octanol–water partition coefficient (Wildman–Crippen LogP) is 2.97. The summed E-state index contributed by atoms with van der Waals surface area (Å²) in [5.41, 5.74) is 0.688. The van der Waals surface area contributed by atoms with Crippen LogP contribution in [0.3, 0.4) is 0 Å². The Balaban J connectivity index is 1.99. The average Bonchev–Trinajstić information content (AvgIpc) is 2.87. The van der Waals surface area contributed by atoms with Gasteiger partial charge in [0, 0.05) is 0 Å². The summed E-state index contributed by atoms with van der Waals surface area (Å²) in [7, 11) is 0. The summed E-state index contributed by atoms with van der Waals surface area (Å²) >= 11 is 0. The van der Waals surface area contributed by atoms with Crippen LogP contribution < -0.4 is 10.1 Å².